The maximum Gasteiger partial charge on any atom is 0.326 e. The van der Waals surface area contributed by atoms with E-state index in [0.717, 1.165) is 16.9 Å². The van der Waals surface area contributed by atoms with E-state index in [1.54, 1.807) is 30.0 Å². The van der Waals surface area contributed by atoms with Gasteiger partial charge in [0.05, 0.1) is 0 Å². The number of nitrogens with one attached hydrogen (secondary N) is 1. The van der Waals surface area contributed by atoms with Crippen molar-refractivity contribution < 1.29 is 19.4 Å². The predicted octanol–water partition coefficient (Wildman–Crippen LogP) is 4.64. The third-order valence-electron chi connectivity index (χ3n) is 4.03. The second-order valence-corrected chi connectivity index (χ2v) is 7.97. The number of rotatable bonds is 11. The van der Waals surface area contributed by atoms with Crippen molar-refractivity contribution in [3.63, 3.8) is 0 Å². The maximum atomic E-state index is 12.0. The second kappa shape index (κ2) is 12.2. The Labute approximate surface area is 180 Å². The number of carbonyl (C=O) groups excluding carboxylic acids is 1. The standard InChI is InChI=1S/C22H24ClNO4S/c1-2-29-14-13-20(22(26)27)24-21(25)12-9-16-7-10-18(11-8-16)28-15-17-5-3-4-6-19(17)23/h3-12,20H,2,13-15H2,1H3,(H,24,25)(H,26,27)/b12-9+. The number of thioether (sulfide) groups is 1. The molecule has 0 spiro atoms. The summed E-state index contributed by atoms with van der Waals surface area (Å²) in [4.78, 5) is 23.3. The van der Waals surface area contributed by atoms with E-state index in [-0.39, 0.29) is 0 Å². The Morgan fingerprint density at radius 2 is 1.93 bits per heavy atom. The molecule has 0 aromatic heterocycles. The Morgan fingerprint density at radius 1 is 1.21 bits per heavy atom. The summed E-state index contributed by atoms with van der Waals surface area (Å²) in [6, 6.07) is 13.9. The summed E-state index contributed by atoms with van der Waals surface area (Å²) < 4.78 is 5.72. The molecule has 2 aromatic carbocycles. The molecule has 0 bridgehead atoms. The number of amides is 1. The first kappa shape index (κ1) is 22.8. The van der Waals surface area contributed by atoms with Crippen molar-refractivity contribution in [3.8, 4) is 5.75 Å². The molecule has 1 unspecified atom stereocenters. The molecule has 29 heavy (non-hydrogen) atoms. The van der Waals surface area contributed by atoms with E-state index in [4.69, 9.17) is 16.3 Å². The highest BCUT2D eigenvalue weighted by molar-refractivity contribution is 7.99. The first-order valence-electron chi connectivity index (χ1n) is 9.25. The second-order valence-electron chi connectivity index (χ2n) is 6.17. The van der Waals surface area contributed by atoms with Gasteiger partial charge in [-0.25, -0.2) is 4.79 Å². The van der Waals surface area contributed by atoms with Gasteiger partial charge in [-0.05, 0) is 47.8 Å². The molecule has 7 heteroatoms. The number of halogens is 1. The van der Waals surface area contributed by atoms with Gasteiger partial charge in [0.25, 0.3) is 0 Å². The summed E-state index contributed by atoms with van der Waals surface area (Å²) in [7, 11) is 0. The highest BCUT2D eigenvalue weighted by Gasteiger charge is 2.18. The minimum atomic E-state index is -1.02. The number of aliphatic carboxylic acids is 1. The number of hydrogen-bond acceptors (Lipinski definition) is 4. The van der Waals surface area contributed by atoms with E-state index in [0.29, 0.717) is 29.6 Å². The van der Waals surface area contributed by atoms with Crippen molar-refractivity contribution in [3.05, 3.63) is 70.8 Å². The number of carboxylic acid groups (broad SMARTS) is 1. The third-order valence-corrected chi connectivity index (χ3v) is 5.33. The number of carboxylic acids is 1. The van der Waals surface area contributed by atoms with E-state index < -0.39 is 17.9 Å². The molecule has 0 saturated heterocycles. The molecule has 0 heterocycles. The zero-order valence-electron chi connectivity index (χ0n) is 16.1. The lowest BCUT2D eigenvalue weighted by Gasteiger charge is -2.12. The van der Waals surface area contributed by atoms with Gasteiger partial charge in [0.2, 0.25) is 5.91 Å². The van der Waals surface area contributed by atoms with Gasteiger partial charge in [0.1, 0.15) is 18.4 Å². The van der Waals surface area contributed by atoms with Crippen LogP contribution < -0.4 is 10.1 Å². The Kier molecular flexibility index (Phi) is 9.60. The van der Waals surface area contributed by atoms with Crippen molar-refractivity contribution in [2.75, 3.05) is 11.5 Å². The van der Waals surface area contributed by atoms with Gasteiger partial charge in [0.15, 0.2) is 0 Å². The number of benzene rings is 2. The van der Waals surface area contributed by atoms with Gasteiger partial charge in [-0.15, -0.1) is 0 Å². The average molecular weight is 434 g/mol. The van der Waals surface area contributed by atoms with Crippen molar-refractivity contribution in [1.29, 1.82) is 0 Å². The van der Waals surface area contributed by atoms with Gasteiger partial charge in [-0.2, -0.15) is 11.8 Å². The summed E-state index contributed by atoms with van der Waals surface area (Å²) >= 11 is 7.76. The molecule has 0 aliphatic heterocycles. The minimum Gasteiger partial charge on any atom is -0.489 e. The van der Waals surface area contributed by atoms with Crippen molar-refractivity contribution >= 4 is 41.3 Å². The summed E-state index contributed by atoms with van der Waals surface area (Å²) in [6.45, 7) is 2.37. The summed E-state index contributed by atoms with van der Waals surface area (Å²) in [5.41, 5.74) is 1.71. The van der Waals surface area contributed by atoms with E-state index in [2.05, 4.69) is 5.32 Å². The Bertz CT molecular complexity index is 839. The van der Waals surface area contributed by atoms with Crippen LogP contribution in [0.15, 0.2) is 54.6 Å². The highest BCUT2D eigenvalue weighted by atomic mass is 35.5. The molecule has 2 aromatic rings. The summed E-state index contributed by atoms with van der Waals surface area (Å²) in [5, 5.41) is 12.4. The van der Waals surface area contributed by atoms with Gasteiger partial charge in [-0.1, -0.05) is 48.9 Å². The normalized spacial score (nSPS) is 11.9. The molecule has 0 radical (unpaired) electrons. The predicted molar refractivity (Wildman–Crippen MR) is 118 cm³/mol. The zero-order chi connectivity index (χ0) is 21.1. The Morgan fingerprint density at radius 3 is 2.59 bits per heavy atom. The number of carbonyl (C=O) groups is 2. The number of hydrogen-bond donors (Lipinski definition) is 2. The Balaban J connectivity index is 1.86. The SMILES string of the molecule is CCSCCC(NC(=O)/C=C/c1ccc(OCc2ccccc2Cl)cc1)C(=O)O. The molecule has 1 atom stereocenters. The van der Waals surface area contributed by atoms with Crippen molar-refractivity contribution in [1.82, 2.24) is 5.32 Å². The van der Waals surface area contributed by atoms with Crippen LogP contribution in [-0.4, -0.2) is 34.5 Å². The van der Waals surface area contributed by atoms with Crippen LogP contribution in [0.25, 0.3) is 6.08 Å². The first-order chi connectivity index (χ1) is 14.0. The van der Waals surface area contributed by atoms with Gasteiger partial charge in [-0.3, -0.25) is 4.79 Å². The molecule has 5 nitrogen and oxygen atoms in total. The van der Waals surface area contributed by atoms with Crippen molar-refractivity contribution in [2.45, 2.75) is 26.0 Å². The van der Waals surface area contributed by atoms with Crippen LogP contribution in [0, 0.1) is 0 Å². The molecule has 2 rings (SSSR count). The fourth-order valence-corrected chi connectivity index (χ4v) is 3.33. The summed E-state index contributed by atoms with van der Waals surface area (Å²) in [5.74, 6) is 0.832. The lowest BCUT2D eigenvalue weighted by Crippen LogP contribution is -2.40. The minimum absolute atomic E-state index is 0.365. The fraction of sp³-hybridized carbons (Fsp3) is 0.273. The highest BCUT2D eigenvalue weighted by Crippen LogP contribution is 2.19. The van der Waals surface area contributed by atoms with Crippen LogP contribution in [0.1, 0.15) is 24.5 Å². The van der Waals surface area contributed by atoms with E-state index in [9.17, 15) is 14.7 Å². The molecule has 0 saturated carbocycles. The monoisotopic (exact) mass is 433 g/mol. The van der Waals surface area contributed by atoms with Crippen LogP contribution in [0.2, 0.25) is 5.02 Å². The van der Waals surface area contributed by atoms with E-state index >= 15 is 0 Å². The molecule has 0 fully saturated rings. The molecule has 2 N–H and O–H groups in total. The van der Waals surface area contributed by atoms with E-state index in [1.807, 2.05) is 43.3 Å². The fourth-order valence-electron chi connectivity index (χ4n) is 2.45. The summed E-state index contributed by atoms with van der Waals surface area (Å²) in [6.07, 6.45) is 3.36. The van der Waals surface area contributed by atoms with E-state index in [1.165, 1.54) is 6.08 Å². The molecule has 1 amide bonds. The van der Waals surface area contributed by atoms with Gasteiger partial charge in [0, 0.05) is 16.7 Å². The topological polar surface area (TPSA) is 75.6 Å². The largest absolute Gasteiger partial charge is 0.489 e. The van der Waals surface area contributed by atoms with Gasteiger partial charge < -0.3 is 15.2 Å². The van der Waals surface area contributed by atoms with Crippen LogP contribution in [0.4, 0.5) is 0 Å². The molecular formula is C22H24ClNO4S. The van der Waals surface area contributed by atoms with Crippen LogP contribution in [0.5, 0.6) is 5.75 Å². The van der Waals surface area contributed by atoms with Crippen LogP contribution in [0.3, 0.4) is 0 Å². The average Bonchev–Trinajstić information content (AvgIpc) is 2.71. The smallest absolute Gasteiger partial charge is 0.326 e. The molecular weight excluding hydrogens is 410 g/mol. The quantitative estimate of drug-likeness (QED) is 0.398. The van der Waals surface area contributed by atoms with Crippen LogP contribution in [-0.2, 0) is 16.2 Å². The molecule has 154 valence electrons. The zero-order valence-corrected chi connectivity index (χ0v) is 17.7. The van der Waals surface area contributed by atoms with Crippen molar-refractivity contribution in [2.24, 2.45) is 0 Å². The Hall–Kier alpha value is -2.44. The van der Waals surface area contributed by atoms with Gasteiger partial charge >= 0.3 is 5.97 Å². The first-order valence-corrected chi connectivity index (χ1v) is 10.8. The molecule has 0 aliphatic rings. The maximum absolute atomic E-state index is 12.0. The lowest BCUT2D eigenvalue weighted by molar-refractivity contribution is -0.141. The number of ether oxygens (including phenoxy) is 1. The lowest BCUT2D eigenvalue weighted by atomic mass is 10.2. The van der Waals surface area contributed by atoms with Crippen LogP contribution >= 0.6 is 23.4 Å². The molecule has 0 aliphatic carbocycles. The third kappa shape index (κ3) is 8.21.